The molecule has 0 amide bonds. The Labute approximate surface area is 181 Å². The van der Waals surface area contributed by atoms with Crippen molar-refractivity contribution in [3.05, 3.63) is 72.4 Å². The third-order valence-corrected chi connectivity index (χ3v) is 5.53. The molecule has 0 unspecified atom stereocenters. The van der Waals surface area contributed by atoms with E-state index in [1.165, 1.54) is 5.69 Å². The number of morpholine rings is 1. The van der Waals surface area contributed by atoms with Gasteiger partial charge in [0.1, 0.15) is 11.6 Å². The third-order valence-electron chi connectivity index (χ3n) is 5.53. The Hall–Kier alpha value is -3.58. The molecule has 2 aromatic heterocycles. The van der Waals surface area contributed by atoms with Crippen LogP contribution >= 0.6 is 0 Å². The topological polar surface area (TPSA) is 63.9 Å². The summed E-state index contributed by atoms with van der Waals surface area (Å²) in [5.74, 6) is 1.65. The molecule has 158 valence electrons. The highest BCUT2D eigenvalue weighted by Crippen LogP contribution is 2.25. The first kappa shape index (κ1) is 19.4. The number of methoxy groups -OCH3 is 1. The highest BCUT2D eigenvalue weighted by Gasteiger charge is 2.13. The summed E-state index contributed by atoms with van der Waals surface area (Å²) in [4.78, 5) is 6.87. The summed E-state index contributed by atoms with van der Waals surface area (Å²) in [5, 5.41) is 8.16. The lowest BCUT2D eigenvalue weighted by Gasteiger charge is -2.28. The van der Waals surface area contributed by atoms with Crippen LogP contribution in [0, 0.1) is 0 Å². The lowest BCUT2D eigenvalue weighted by atomic mass is 10.1. The van der Waals surface area contributed by atoms with Gasteiger partial charge in [-0.3, -0.25) is 0 Å². The molecule has 1 N–H and O–H groups in total. The first-order valence-corrected chi connectivity index (χ1v) is 10.4. The van der Waals surface area contributed by atoms with Gasteiger partial charge in [0.15, 0.2) is 5.65 Å². The molecule has 7 nitrogen and oxygen atoms in total. The number of nitrogens with zero attached hydrogens (tertiary/aromatic N) is 4. The molecule has 2 aromatic carbocycles. The molecule has 0 aliphatic carbocycles. The van der Waals surface area contributed by atoms with Crippen LogP contribution in [0.1, 0.15) is 5.56 Å². The van der Waals surface area contributed by atoms with Crippen LogP contribution in [0.25, 0.3) is 16.9 Å². The number of hydrogen-bond acceptors (Lipinski definition) is 6. The fourth-order valence-corrected chi connectivity index (χ4v) is 3.77. The van der Waals surface area contributed by atoms with Gasteiger partial charge in [0.05, 0.1) is 32.2 Å². The Kier molecular flexibility index (Phi) is 5.41. The maximum atomic E-state index is 5.45. The molecule has 0 radical (unpaired) electrons. The average molecular weight is 415 g/mol. The molecule has 4 aromatic rings. The number of anilines is 2. The van der Waals surface area contributed by atoms with Crippen LogP contribution in [-0.4, -0.2) is 48.0 Å². The Morgan fingerprint density at radius 3 is 2.48 bits per heavy atom. The number of imidazole rings is 1. The minimum Gasteiger partial charge on any atom is -0.497 e. The van der Waals surface area contributed by atoms with Gasteiger partial charge in [-0.05, 0) is 42.0 Å². The number of fused-ring (bicyclic) bond motifs is 1. The molecule has 5 rings (SSSR count). The number of hydrogen-bond donors (Lipinski definition) is 1. The second-order valence-corrected chi connectivity index (χ2v) is 7.48. The standard InChI is InChI=1S/C24H25N5O2/c1-30-21-8-2-18(3-9-21)16-25-23-10-11-24-26-17-22(29(24)27-23)19-4-6-20(7-5-19)28-12-14-31-15-13-28/h2-11,17H,12-16H2,1H3,(H,25,27). The molecule has 1 saturated heterocycles. The lowest BCUT2D eigenvalue weighted by molar-refractivity contribution is 0.122. The molecule has 7 heteroatoms. The molecular weight excluding hydrogens is 390 g/mol. The maximum Gasteiger partial charge on any atom is 0.154 e. The Morgan fingerprint density at radius 1 is 0.968 bits per heavy atom. The largest absolute Gasteiger partial charge is 0.497 e. The van der Waals surface area contributed by atoms with E-state index >= 15 is 0 Å². The fraction of sp³-hybridized carbons (Fsp3) is 0.250. The Bertz CT molecular complexity index is 1150. The van der Waals surface area contributed by atoms with Gasteiger partial charge in [0.25, 0.3) is 0 Å². The molecule has 0 bridgehead atoms. The van der Waals surface area contributed by atoms with Gasteiger partial charge >= 0.3 is 0 Å². The Morgan fingerprint density at radius 2 is 1.74 bits per heavy atom. The van der Waals surface area contributed by atoms with E-state index in [4.69, 9.17) is 14.6 Å². The third kappa shape index (κ3) is 4.18. The van der Waals surface area contributed by atoms with Crippen LogP contribution in [0.15, 0.2) is 66.9 Å². The normalized spacial score (nSPS) is 14.0. The van der Waals surface area contributed by atoms with E-state index in [1.807, 2.05) is 47.1 Å². The monoisotopic (exact) mass is 415 g/mol. The van der Waals surface area contributed by atoms with Gasteiger partial charge < -0.3 is 19.7 Å². The van der Waals surface area contributed by atoms with Gasteiger partial charge in [-0.2, -0.15) is 0 Å². The van der Waals surface area contributed by atoms with Crippen molar-refractivity contribution in [2.75, 3.05) is 43.6 Å². The van der Waals surface area contributed by atoms with Crippen LogP contribution in [0.4, 0.5) is 11.5 Å². The maximum absolute atomic E-state index is 5.45. The molecule has 3 heterocycles. The van der Waals surface area contributed by atoms with Crippen molar-refractivity contribution in [1.82, 2.24) is 14.6 Å². The quantitative estimate of drug-likeness (QED) is 0.516. The zero-order valence-corrected chi connectivity index (χ0v) is 17.5. The molecule has 1 fully saturated rings. The van der Waals surface area contributed by atoms with Gasteiger partial charge in [-0.25, -0.2) is 9.50 Å². The van der Waals surface area contributed by atoms with Crippen molar-refractivity contribution in [1.29, 1.82) is 0 Å². The van der Waals surface area contributed by atoms with Crippen molar-refractivity contribution < 1.29 is 9.47 Å². The van der Waals surface area contributed by atoms with Gasteiger partial charge in [0, 0.05) is 30.9 Å². The van der Waals surface area contributed by atoms with Crippen molar-refractivity contribution >= 4 is 17.2 Å². The second kappa shape index (κ2) is 8.65. The van der Waals surface area contributed by atoms with E-state index in [1.54, 1.807) is 7.11 Å². The fourth-order valence-electron chi connectivity index (χ4n) is 3.77. The Balaban J connectivity index is 1.34. The zero-order chi connectivity index (χ0) is 21.0. The second-order valence-electron chi connectivity index (χ2n) is 7.48. The zero-order valence-electron chi connectivity index (χ0n) is 17.5. The number of nitrogens with one attached hydrogen (secondary N) is 1. The molecule has 31 heavy (non-hydrogen) atoms. The van der Waals surface area contributed by atoms with Crippen LogP contribution in [0.5, 0.6) is 5.75 Å². The highest BCUT2D eigenvalue weighted by molar-refractivity contribution is 5.66. The predicted octanol–water partition coefficient (Wildman–Crippen LogP) is 3.85. The molecule has 0 spiro atoms. The van der Waals surface area contributed by atoms with Crippen LogP contribution in [0.2, 0.25) is 0 Å². The summed E-state index contributed by atoms with van der Waals surface area (Å²) >= 11 is 0. The SMILES string of the molecule is COc1ccc(CNc2ccc3ncc(-c4ccc(N5CCOCC5)cc4)n3n2)cc1. The summed E-state index contributed by atoms with van der Waals surface area (Å²) in [6.45, 7) is 4.11. The van der Waals surface area contributed by atoms with E-state index < -0.39 is 0 Å². The minimum atomic E-state index is 0.681. The van der Waals surface area contributed by atoms with Crippen LogP contribution in [-0.2, 0) is 11.3 Å². The number of aromatic nitrogens is 3. The van der Waals surface area contributed by atoms with E-state index in [2.05, 4.69) is 39.5 Å². The van der Waals surface area contributed by atoms with E-state index in [0.29, 0.717) is 6.54 Å². The van der Waals surface area contributed by atoms with Crippen molar-refractivity contribution in [3.63, 3.8) is 0 Å². The van der Waals surface area contributed by atoms with Crippen molar-refractivity contribution in [2.24, 2.45) is 0 Å². The number of benzene rings is 2. The van der Waals surface area contributed by atoms with E-state index in [-0.39, 0.29) is 0 Å². The summed E-state index contributed by atoms with van der Waals surface area (Å²) < 4.78 is 12.6. The molecule has 0 saturated carbocycles. The van der Waals surface area contributed by atoms with Gasteiger partial charge in [-0.1, -0.05) is 24.3 Å². The summed E-state index contributed by atoms with van der Waals surface area (Å²) in [7, 11) is 1.67. The van der Waals surface area contributed by atoms with Crippen LogP contribution < -0.4 is 15.0 Å². The molecule has 0 atom stereocenters. The first-order valence-electron chi connectivity index (χ1n) is 10.4. The summed E-state index contributed by atoms with van der Waals surface area (Å²) in [6, 6.07) is 20.5. The number of rotatable bonds is 6. The van der Waals surface area contributed by atoms with E-state index in [9.17, 15) is 0 Å². The summed E-state index contributed by atoms with van der Waals surface area (Å²) in [5.41, 5.74) is 5.26. The van der Waals surface area contributed by atoms with E-state index in [0.717, 1.165) is 60.3 Å². The molecule has 1 aliphatic rings. The smallest absolute Gasteiger partial charge is 0.154 e. The van der Waals surface area contributed by atoms with Gasteiger partial charge in [0.2, 0.25) is 0 Å². The van der Waals surface area contributed by atoms with Crippen molar-refractivity contribution in [2.45, 2.75) is 6.54 Å². The number of ether oxygens (including phenoxy) is 2. The molecule has 1 aliphatic heterocycles. The van der Waals surface area contributed by atoms with Gasteiger partial charge in [-0.15, -0.1) is 5.10 Å². The average Bonchev–Trinajstić information content (AvgIpc) is 3.27. The molecular formula is C24H25N5O2. The predicted molar refractivity (Wildman–Crippen MR) is 122 cm³/mol. The minimum absolute atomic E-state index is 0.681. The highest BCUT2D eigenvalue weighted by atomic mass is 16.5. The summed E-state index contributed by atoms with van der Waals surface area (Å²) in [6.07, 6.45) is 1.87. The first-order chi connectivity index (χ1) is 15.3. The van der Waals surface area contributed by atoms with Crippen molar-refractivity contribution in [3.8, 4) is 17.0 Å². The van der Waals surface area contributed by atoms with Crippen LogP contribution in [0.3, 0.4) is 0 Å². The lowest BCUT2D eigenvalue weighted by Crippen LogP contribution is -2.36.